The van der Waals surface area contributed by atoms with E-state index >= 15 is 0 Å². The summed E-state index contributed by atoms with van der Waals surface area (Å²) in [6.45, 7) is 0. The lowest BCUT2D eigenvalue weighted by molar-refractivity contribution is -0.123. The van der Waals surface area contributed by atoms with Crippen molar-refractivity contribution < 1.29 is 23.5 Å². The second-order valence-electron chi connectivity index (χ2n) is 8.05. The van der Waals surface area contributed by atoms with Crippen molar-refractivity contribution in [3.63, 3.8) is 0 Å². The van der Waals surface area contributed by atoms with Gasteiger partial charge in [0.05, 0.1) is 23.4 Å². The molecule has 2 heterocycles. The van der Waals surface area contributed by atoms with E-state index in [1.165, 1.54) is 54.7 Å². The Kier molecular flexibility index (Phi) is 8.69. The molecule has 0 radical (unpaired) electrons. The van der Waals surface area contributed by atoms with Gasteiger partial charge in [-0.25, -0.2) is 14.2 Å². The number of tetrazole rings is 1. The van der Waals surface area contributed by atoms with Gasteiger partial charge in [0.15, 0.2) is 5.82 Å². The van der Waals surface area contributed by atoms with Crippen LogP contribution in [0.25, 0.3) is 11.8 Å². The highest BCUT2D eigenvalue weighted by atomic mass is 35.5. The Morgan fingerprint density at radius 3 is 2.59 bits per heavy atom. The van der Waals surface area contributed by atoms with E-state index in [9.17, 15) is 18.8 Å². The van der Waals surface area contributed by atoms with Gasteiger partial charge < -0.3 is 15.4 Å². The van der Waals surface area contributed by atoms with Gasteiger partial charge in [0.1, 0.15) is 18.2 Å². The number of benzene rings is 2. The average Bonchev–Trinajstić information content (AvgIpc) is 3.49. The molecular weight excluding hydrogens is 529 g/mol. The standard InChI is InChI=1S/C26H21ClFN7O4/c1-39-26(38)17-7-11-22(29-14-17)32-25(37)20(13-16-5-3-2-4-6-16)31-23(36)12-8-18-21(35-15-30-33-34-35)10-9-19(27)24(18)28/h2-12,14-15,20H,13H2,1H3,(H,31,36)(H,29,32,37). The van der Waals surface area contributed by atoms with Crippen LogP contribution in [-0.2, 0) is 20.7 Å². The van der Waals surface area contributed by atoms with E-state index in [-0.39, 0.29) is 34.1 Å². The maximum atomic E-state index is 14.8. The highest BCUT2D eigenvalue weighted by Crippen LogP contribution is 2.25. The van der Waals surface area contributed by atoms with Gasteiger partial charge in [0, 0.05) is 24.3 Å². The van der Waals surface area contributed by atoms with Gasteiger partial charge in [-0.1, -0.05) is 41.9 Å². The second kappa shape index (κ2) is 12.5. The van der Waals surface area contributed by atoms with Gasteiger partial charge in [-0.2, -0.15) is 4.68 Å². The molecule has 13 heteroatoms. The van der Waals surface area contributed by atoms with Crippen LogP contribution in [0, 0.1) is 5.82 Å². The van der Waals surface area contributed by atoms with Gasteiger partial charge in [-0.15, -0.1) is 5.10 Å². The number of methoxy groups -OCH3 is 1. The van der Waals surface area contributed by atoms with Gasteiger partial charge in [0.2, 0.25) is 11.8 Å². The van der Waals surface area contributed by atoms with Crippen LogP contribution >= 0.6 is 11.6 Å². The first-order valence-electron chi connectivity index (χ1n) is 11.4. The quantitative estimate of drug-likeness (QED) is 0.240. The number of anilines is 1. The lowest BCUT2D eigenvalue weighted by Gasteiger charge is -2.18. The molecule has 198 valence electrons. The van der Waals surface area contributed by atoms with E-state index in [0.29, 0.717) is 0 Å². The molecule has 2 amide bonds. The summed E-state index contributed by atoms with van der Waals surface area (Å²) in [5.41, 5.74) is 1.23. The molecule has 2 N–H and O–H groups in total. The van der Waals surface area contributed by atoms with E-state index in [2.05, 4.69) is 35.9 Å². The van der Waals surface area contributed by atoms with E-state index in [4.69, 9.17) is 11.6 Å². The molecule has 1 atom stereocenters. The van der Waals surface area contributed by atoms with Crippen LogP contribution in [-0.4, -0.2) is 56.1 Å². The van der Waals surface area contributed by atoms with Crippen molar-refractivity contribution in [3.8, 4) is 5.69 Å². The number of hydrogen-bond donors (Lipinski definition) is 2. The second-order valence-corrected chi connectivity index (χ2v) is 8.45. The first-order valence-corrected chi connectivity index (χ1v) is 11.8. The van der Waals surface area contributed by atoms with Gasteiger partial charge in [0.25, 0.3) is 0 Å². The zero-order valence-corrected chi connectivity index (χ0v) is 21.2. The van der Waals surface area contributed by atoms with Crippen molar-refractivity contribution in [2.24, 2.45) is 0 Å². The van der Waals surface area contributed by atoms with Crippen LogP contribution in [0.2, 0.25) is 5.02 Å². The third kappa shape index (κ3) is 6.87. The largest absolute Gasteiger partial charge is 0.465 e. The number of carbonyl (C=O) groups excluding carboxylic acids is 3. The third-order valence-corrected chi connectivity index (χ3v) is 5.75. The Labute approximate surface area is 226 Å². The number of nitrogens with one attached hydrogen (secondary N) is 2. The summed E-state index contributed by atoms with van der Waals surface area (Å²) >= 11 is 5.94. The van der Waals surface area contributed by atoms with Crippen LogP contribution in [0.3, 0.4) is 0 Å². The number of halogens is 2. The topological polar surface area (TPSA) is 141 Å². The first kappa shape index (κ1) is 27.1. The van der Waals surface area contributed by atoms with Crippen LogP contribution < -0.4 is 10.6 Å². The Hall–Kier alpha value is -4.97. The molecular formula is C26H21ClFN7O4. The molecule has 2 aromatic carbocycles. The molecule has 0 aliphatic carbocycles. The minimum absolute atomic E-state index is 0.0242. The van der Waals surface area contributed by atoms with Crippen molar-refractivity contribution in [2.45, 2.75) is 12.5 Å². The van der Waals surface area contributed by atoms with Crippen LogP contribution in [0.15, 0.2) is 73.2 Å². The maximum Gasteiger partial charge on any atom is 0.339 e. The third-order valence-electron chi connectivity index (χ3n) is 5.46. The minimum Gasteiger partial charge on any atom is -0.465 e. The monoisotopic (exact) mass is 549 g/mol. The highest BCUT2D eigenvalue weighted by molar-refractivity contribution is 6.31. The molecule has 0 aliphatic rings. The summed E-state index contributed by atoms with van der Waals surface area (Å²) in [7, 11) is 1.25. The fourth-order valence-electron chi connectivity index (χ4n) is 3.54. The molecule has 4 rings (SSSR count). The summed E-state index contributed by atoms with van der Waals surface area (Å²) < 4.78 is 20.7. The molecule has 0 spiro atoms. The van der Waals surface area contributed by atoms with Crippen molar-refractivity contribution in [3.05, 3.63) is 101 Å². The van der Waals surface area contributed by atoms with Crippen molar-refractivity contribution >= 4 is 41.3 Å². The SMILES string of the molecule is COC(=O)c1ccc(NC(=O)C(Cc2ccccc2)NC(=O)C=Cc2c(-n3cnnn3)ccc(Cl)c2F)nc1. The molecule has 0 aliphatic heterocycles. The summed E-state index contributed by atoms with van der Waals surface area (Å²) in [6.07, 6.45) is 4.99. The smallest absolute Gasteiger partial charge is 0.339 e. The molecule has 0 saturated carbocycles. The van der Waals surface area contributed by atoms with Gasteiger partial charge in [-0.3, -0.25) is 9.59 Å². The fourth-order valence-corrected chi connectivity index (χ4v) is 3.71. The van der Waals surface area contributed by atoms with Crippen LogP contribution in [0.1, 0.15) is 21.5 Å². The zero-order valence-electron chi connectivity index (χ0n) is 20.4. The van der Waals surface area contributed by atoms with Crippen molar-refractivity contribution in [1.82, 2.24) is 30.5 Å². The minimum atomic E-state index is -1.02. The predicted octanol–water partition coefficient (Wildman–Crippen LogP) is 3.02. The number of esters is 1. The molecule has 1 unspecified atom stereocenters. The Morgan fingerprint density at radius 2 is 1.92 bits per heavy atom. The Morgan fingerprint density at radius 1 is 1.13 bits per heavy atom. The first-order chi connectivity index (χ1) is 18.9. The normalized spacial score (nSPS) is 11.7. The van der Waals surface area contributed by atoms with Crippen LogP contribution in [0.4, 0.5) is 10.2 Å². The van der Waals surface area contributed by atoms with Crippen molar-refractivity contribution in [2.75, 3.05) is 12.4 Å². The number of ether oxygens (including phenoxy) is 1. The van der Waals surface area contributed by atoms with E-state index in [0.717, 1.165) is 11.6 Å². The fraction of sp³-hybridized carbons (Fsp3) is 0.115. The summed E-state index contributed by atoms with van der Waals surface area (Å²) in [5, 5.41) is 15.9. The molecule has 2 aromatic heterocycles. The number of pyridine rings is 1. The molecule has 0 fully saturated rings. The molecule has 4 aromatic rings. The zero-order chi connectivity index (χ0) is 27.8. The van der Waals surface area contributed by atoms with Gasteiger partial charge >= 0.3 is 5.97 Å². The highest BCUT2D eigenvalue weighted by Gasteiger charge is 2.22. The number of carbonyl (C=O) groups is 3. The Balaban J connectivity index is 1.54. The number of aromatic nitrogens is 5. The molecule has 39 heavy (non-hydrogen) atoms. The number of hydrogen-bond acceptors (Lipinski definition) is 8. The summed E-state index contributed by atoms with van der Waals surface area (Å²) in [6, 6.07) is 13.8. The average molecular weight is 550 g/mol. The molecule has 11 nitrogen and oxygen atoms in total. The van der Waals surface area contributed by atoms with Crippen LogP contribution in [0.5, 0.6) is 0 Å². The van der Waals surface area contributed by atoms with Gasteiger partial charge in [-0.05, 0) is 46.3 Å². The van der Waals surface area contributed by atoms with E-state index in [1.54, 1.807) is 0 Å². The number of rotatable bonds is 9. The predicted molar refractivity (Wildman–Crippen MR) is 139 cm³/mol. The lowest BCUT2D eigenvalue weighted by atomic mass is 10.0. The molecule has 0 bridgehead atoms. The lowest BCUT2D eigenvalue weighted by Crippen LogP contribution is -2.44. The summed E-state index contributed by atoms with van der Waals surface area (Å²) in [5.74, 6) is -2.39. The molecule has 0 saturated heterocycles. The van der Waals surface area contributed by atoms with Crippen molar-refractivity contribution in [1.29, 1.82) is 0 Å². The van der Waals surface area contributed by atoms with E-state index < -0.39 is 29.6 Å². The number of nitrogens with zero attached hydrogens (tertiary/aromatic N) is 5. The number of amides is 2. The van der Waals surface area contributed by atoms with E-state index in [1.807, 2.05) is 30.3 Å². The Bertz CT molecular complexity index is 1500. The maximum absolute atomic E-state index is 14.8. The summed E-state index contributed by atoms with van der Waals surface area (Å²) in [4.78, 5) is 41.7.